The topological polar surface area (TPSA) is 95.6 Å². The summed E-state index contributed by atoms with van der Waals surface area (Å²) in [6.07, 6.45) is 0.0856. The number of hydrogen-bond acceptors (Lipinski definition) is 4. The summed E-state index contributed by atoms with van der Waals surface area (Å²) in [4.78, 5) is 24.8. The van der Waals surface area contributed by atoms with Crippen molar-refractivity contribution in [3.63, 3.8) is 0 Å². The minimum Gasteiger partial charge on any atom is -0.320 e. The van der Waals surface area contributed by atoms with E-state index in [2.05, 4.69) is 4.72 Å². The van der Waals surface area contributed by atoms with Crippen LogP contribution in [0.4, 0.5) is 20.2 Å². The molecule has 1 aliphatic heterocycles. The SMILES string of the molecule is CN1C(=O)Cc2cc(S(=O)(=O)NCC(=O)Nc3c(F)cccc3F)ccc21. The van der Waals surface area contributed by atoms with Crippen molar-refractivity contribution in [1.29, 1.82) is 0 Å². The van der Waals surface area contributed by atoms with Crippen LogP contribution in [0.2, 0.25) is 0 Å². The van der Waals surface area contributed by atoms with Crippen molar-refractivity contribution in [2.24, 2.45) is 0 Å². The molecule has 0 aliphatic carbocycles. The predicted molar refractivity (Wildman–Crippen MR) is 93.7 cm³/mol. The quantitative estimate of drug-likeness (QED) is 0.800. The maximum absolute atomic E-state index is 13.5. The standard InChI is InChI=1S/C17H15F2N3O4S/c1-22-14-6-5-11(7-10(14)8-16(22)24)27(25,26)20-9-15(23)21-17-12(18)3-2-4-13(17)19/h2-7,20H,8-9H2,1H3,(H,21,23). The van der Waals surface area contributed by atoms with Gasteiger partial charge in [-0.15, -0.1) is 0 Å². The lowest BCUT2D eigenvalue weighted by Gasteiger charge is -2.12. The van der Waals surface area contributed by atoms with Crippen LogP contribution in [0.1, 0.15) is 5.56 Å². The molecule has 0 bridgehead atoms. The number of halogens is 2. The van der Waals surface area contributed by atoms with Crippen LogP contribution in [0, 0.1) is 11.6 Å². The number of fused-ring (bicyclic) bond motifs is 1. The number of carbonyl (C=O) groups is 2. The van der Waals surface area contributed by atoms with E-state index in [0.717, 1.165) is 18.2 Å². The van der Waals surface area contributed by atoms with E-state index in [-0.39, 0.29) is 17.2 Å². The summed E-state index contributed by atoms with van der Waals surface area (Å²) in [5, 5.41) is 1.99. The highest BCUT2D eigenvalue weighted by Gasteiger charge is 2.26. The number of para-hydroxylation sites is 1. The van der Waals surface area contributed by atoms with Crippen LogP contribution in [0.3, 0.4) is 0 Å². The highest BCUT2D eigenvalue weighted by molar-refractivity contribution is 7.89. The highest BCUT2D eigenvalue weighted by atomic mass is 32.2. The lowest BCUT2D eigenvalue weighted by molar-refractivity contribution is -0.117. The van der Waals surface area contributed by atoms with Crippen LogP contribution in [0.15, 0.2) is 41.3 Å². The minimum atomic E-state index is -4.05. The van der Waals surface area contributed by atoms with Gasteiger partial charge in [0.2, 0.25) is 21.8 Å². The fourth-order valence-corrected chi connectivity index (χ4v) is 3.69. The molecular formula is C17H15F2N3O4S. The molecule has 3 rings (SSSR count). The average Bonchev–Trinajstić information content (AvgIpc) is 2.90. The lowest BCUT2D eigenvalue weighted by atomic mass is 10.2. The summed E-state index contributed by atoms with van der Waals surface area (Å²) in [6, 6.07) is 7.23. The Labute approximate surface area is 154 Å². The molecule has 2 aromatic carbocycles. The molecule has 2 aromatic rings. The number of hydrogen-bond donors (Lipinski definition) is 2. The van der Waals surface area contributed by atoms with Gasteiger partial charge in [-0.05, 0) is 35.9 Å². The van der Waals surface area contributed by atoms with Crippen LogP contribution in [0.5, 0.6) is 0 Å². The normalized spacial score (nSPS) is 13.6. The Morgan fingerprint density at radius 2 is 1.85 bits per heavy atom. The minimum absolute atomic E-state index is 0.0856. The van der Waals surface area contributed by atoms with Gasteiger partial charge in [-0.1, -0.05) is 6.07 Å². The number of anilines is 2. The Bertz CT molecular complexity index is 1020. The third-order valence-electron chi connectivity index (χ3n) is 4.09. The zero-order chi connectivity index (χ0) is 19.8. The highest BCUT2D eigenvalue weighted by Crippen LogP contribution is 2.29. The first-order chi connectivity index (χ1) is 12.7. The summed E-state index contributed by atoms with van der Waals surface area (Å²) < 4.78 is 53.8. The van der Waals surface area contributed by atoms with Gasteiger partial charge in [0.25, 0.3) is 0 Å². The zero-order valence-corrected chi connectivity index (χ0v) is 14.9. The van der Waals surface area contributed by atoms with Crippen molar-refractivity contribution in [1.82, 2.24) is 4.72 Å². The van der Waals surface area contributed by atoms with Crippen molar-refractivity contribution in [3.8, 4) is 0 Å². The first-order valence-electron chi connectivity index (χ1n) is 7.82. The Kier molecular flexibility index (Phi) is 4.94. The fraction of sp³-hybridized carbons (Fsp3) is 0.176. The smallest absolute Gasteiger partial charge is 0.241 e. The van der Waals surface area contributed by atoms with Crippen molar-refractivity contribution in [2.75, 3.05) is 23.8 Å². The second kappa shape index (κ2) is 7.05. The monoisotopic (exact) mass is 395 g/mol. The molecule has 27 heavy (non-hydrogen) atoms. The molecule has 2 amide bonds. The van der Waals surface area contributed by atoms with Crippen LogP contribution in [0.25, 0.3) is 0 Å². The number of carbonyl (C=O) groups excluding carboxylic acids is 2. The molecule has 0 saturated carbocycles. The molecule has 0 spiro atoms. The van der Waals surface area contributed by atoms with E-state index in [9.17, 15) is 26.8 Å². The van der Waals surface area contributed by atoms with E-state index in [1.807, 2.05) is 5.32 Å². The first kappa shape index (κ1) is 18.9. The molecule has 1 aliphatic rings. The molecule has 10 heteroatoms. The number of rotatable bonds is 5. The third-order valence-corrected chi connectivity index (χ3v) is 5.49. The Hall–Kier alpha value is -2.85. The Morgan fingerprint density at radius 1 is 1.19 bits per heavy atom. The number of nitrogens with zero attached hydrogens (tertiary/aromatic N) is 1. The maximum atomic E-state index is 13.5. The average molecular weight is 395 g/mol. The summed E-state index contributed by atoms with van der Waals surface area (Å²) in [6.45, 7) is -0.716. The number of nitrogens with one attached hydrogen (secondary N) is 2. The van der Waals surface area contributed by atoms with Crippen LogP contribution in [-0.4, -0.2) is 33.8 Å². The van der Waals surface area contributed by atoms with Crippen molar-refractivity contribution in [3.05, 3.63) is 53.6 Å². The molecule has 0 atom stereocenters. The summed E-state index contributed by atoms with van der Waals surface area (Å²) >= 11 is 0. The van der Waals surface area contributed by atoms with E-state index in [0.29, 0.717) is 11.3 Å². The lowest BCUT2D eigenvalue weighted by Crippen LogP contribution is -2.33. The van der Waals surface area contributed by atoms with Gasteiger partial charge in [-0.2, -0.15) is 0 Å². The van der Waals surface area contributed by atoms with E-state index in [1.165, 1.54) is 23.1 Å². The summed E-state index contributed by atoms with van der Waals surface area (Å²) in [5.74, 6) is -3.03. The number of benzene rings is 2. The molecule has 0 unspecified atom stereocenters. The summed E-state index contributed by atoms with van der Waals surface area (Å²) in [5.41, 5.74) is 0.524. The van der Waals surface area contributed by atoms with Gasteiger partial charge in [0, 0.05) is 12.7 Å². The van der Waals surface area contributed by atoms with Crippen LogP contribution < -0.4 is 14.9 Å². The van der Waals surface area contributed by atoms with Crippen molar-refractivity contribution >= 4 is 33.2 Å². The zero-order valence-electron chi connectivity index (χ0n) is 14.1. The van der Waals surface area contributed by atoms with Gasteiger partial charge in [-0.3, -0.25) is 9.59 Å². The second-order valence-corrected chi connectivity index (χ2v) is 7.66. The molecule has 0 fully saturated rings. The van der Waals surface area contributed by atoms with Gasteiger partial charge >= 0.3 is 0 Å². The largest absolute Gasteiger partial charge is 0.320 e. The predicted octanol–water partition coefficient (Wildman–Crippen LogP) is 1.40. The fourth-order valence-electron chi connectivity index (χ4n) is 2.66. The molecular weight excluding hydrogens is 380 g/mol. The number of likely N-dealkylation sites (N-methyl/N-ethyl adjacent to an activating group) is 1. The van der Waals surface area contributed by atoms with E-state index >= 15 is 0 Å². The Balaban J connectivity index is 1.70. The summed E-state index contributed by atoms with van der Waals surface area (Å²) in [7, 11) is -2.46. The molecule has 0 aromatic heterocycles. The van der Waals surface area contributed by atoms with Gasteiger partial charge in [0.1, 0.15) is 17.3 Å². The van der Waals surface area contributed by atoms with Crippen molar-refractivity contribution < 1.29 is 26.8 Å². The van der Waals surface area contributed by atoms with Gasteiger partial charge < -0.3 is 10.2 Å². The molecule has 7 nitrogen and oxygen atoms in total. The number of amides is 2. The van der Waals surface area contributed by atoms with Crippen molar-refractivity contribution in [2.45, 2.75) is 11.3 Å². The van der Waals surface area contributed by atoms with E-state index < -0.39 is 39.8 Å². The van der Waals surface area contributed by atoms with Gasteiger partial charge in [0.15, 0.2) is 0 Å². The first-order valence-corrected chi connectivity index (χ1v) is 9.30. The van der Waals surface area contributed by atoms with Crippen LogP contribution in [-0.2, 0) is 26.0 Å². The molecule has 1 heterocycles. The maximum Gasteiger partial charge on any atom is 0.241 e. The van der Waals surface area contributed by atoms with E-state index in [1.54, 1.807) is 7.05 Å². The molecule has 0 radical (unpaired) electrons. The van der Waals surface area contributed by atoms with Gasteiger partial charge in [-0.25, -0.2) is 21.9 Å². The van der Waals surface area contributed by atoms with Crippen LogP contribution >= 0.6 is 0 Å². The van der Waals surface area contributed by atoms with Gasteiger partial charge in [0.05, 0.1) is 17.9 Å². The third kappa shape index (κ3) is 3.81. The molecule has 2 N–H and O–H groups in total. The second-order valence-electron chi connectivity index (χ2n) is 5.89. The Morgan fingerprint density at radius 3 is 2.52 bits per heavy atom. The van der Waals surface area contributed by atoms with E-state index in [4.69, 9.17) is 0 Å². The molecule has 0 saturated heterocycles. The number of sulfonamides is 1. The molecule has 142 valence electrons.